The SMILES string of the molecule is OC[C@@H]1CCCN(c2ccc(-c3c(O)cc(Cl)cc3Cl)nn2)C1. The van der Waals surface area contributed by atoms with E-state index in [1.54, 1.807) is 12.1 Å². The Morgan fingerprint density at radius 1 is 1.22 bits per heavy atom. The number of nitrogens with zero attached hydrogens (tertiary/aromatic N) is 3. The minimum atomic E-state index is -0.0251. The van der Waals surface area contributed by atoms with E-state index in [0.717, 1.165) is 31.7 Å². The van der Waals surface area contributed by atoms with Crippen molar-refractivity contribution in [2.75, 3.05) is 24.6 Å². The van der Waals surface area contributed by atoms with Gasteiger partial charge in [-0.15, -0.1) is 10.2 Å². The molecule has 1 aliphatic heterocycles. The first-order chi connectivity index (χ1) is 11.1. The Morgan fingerprint density at radius 2 is 2.04 bits per heavy atom. The van der Waals surface area contributed by atoms with E-state index in [0.29, 0.717) is 21.3 Å². The molecule has 1 atom stereocenters. The Kier molecular flexibility index (Phi) is 4.90. The van der Waals surface area contributed by atoms with Crippen LogP contribution < -0.4 is 4.90 Å². The standard InChI is InChI=1S/C16H17Cl2N3O2/c17-11-6-12(18)16(14(23)7-11)13-3-4-15(20-19-13)21-5-1-2-10(8-21)9-22/h3-4,6-7,10,22-23H,1-2,5,8-9H2/t10-/m1/s1. The Balaban J connectivity index is 1.85. The van der Waals surface area contributed by atoms with Gasteiger partial charge in [-0.05, 0) is 43.0 Å². The fraction of sp³-hybridized carbons (Fsp3) is 0.375. The summed E-state index contributed by atoms with van der Waals surface area (Å²) in [6.07, 6.45) is 2.06. The number of aromatic hydroxyl groups is 1. The fourth-order valence-electron chi connectivity index (χ4n) is 2.86. The van der Waals surface area contributed by atoms with Crippen molar-refractivity contribution in [1.82, 2.24) is 10.2 Å². The van der Waals surface area contributed by atoms with Crippen LogP contribution in [0.1, 0.15) is 12.8 Å². The number of hydrogen-bond acceptors (Lipinski definition) is 5. The molecule has 0 bridgehead atoms. The third-order valence-electron chi connectivity index (χ3n) is 4.04. The van der Waals surface area contributed by atoms with Gasteiger partial charge in [0.2, 0.25) is 0 Å². The number of anilines is 1. The molecule has 1 aliphatic rings. The molecule has 122 valence electrons. The molecule has 2 N–H and O–H groups in total. The first-order valence-electron chi connectivity index (χ1n) is 7.46. The Bertz CT molecular complexity index is 671. The second-order valence-electron chi connectivity index (χ2n) is 5.70. The number of aromatic nitrogens is 2. The normalized spacial score (nSPS) is 18.2. The minimum absolute atomic E-state index is 0.0251. The van der Waals surface area contributed by atoms with Crippen molar-refractivity contribution in [2.45, 2.75) is 12.8 Å². The van der Waals surface area contributed by atoms with E-state index in [1.165, 1.54) is 6.07 Å². The van der Waals surface area contributed by atoms with Crippen LogP contribution in [0.5, 0.6) is 5.75 Å². The van der Waals surface area contributed by atoms with Crippen LogP contribution >= 0.6 is 23.2 Å². The maximum Gasteiger partial charge on any atom is 0.151 e. The maximum absolute atomic E-state index is 10.0. The van der Waals surface area contributed by atoms with Crippen molar-refractivity contribution in [1.29, 1.82) is 0 Å². The topological polar surface area (TPSA) is 69.5 Å². The van der Waals surface area contributed by atoms with E-state index < -0.39 is 0 Å². The molecule has 1 fully saturated rings. The molecular weight excluding hydrogens is 337 g/mol. The summed E-state index contributed by atoms with van der Waals surface area (Å²) in [7, 11) is 0. The number of benzene rings is 1. The molecule has 0 spiro atoms. The van der Waals surface area contributed by atoms with E-state index in [1.807, 2.05) is 6.07 Å². The molecule has 0 unspecified atom stereocenters. The highest BCUT2D eigenvalue weighted by molar-refractivity contribution is 6.36. The molecular formula is C16H17Cl2N3O2. The molecule has 5 nitrogen and oxygen atoms in total. The highest BCUT2D eigenvalue weighted by Crippen LogP contribution is 2.37. The van der Waals surface area contributed by atoms with Gasteiger partial charge >= 0.3 is 0 Å². The number of piperidine rings is 1. The molecule has 2 heterocycles. The van der Waals surface area contributed by atoms with Gasteiger partial charge in [-0.1, -0.05) is 23.2 Å². The summed E-state index contributed by atoms with van der Waals surface area (Å²) in [5.74, 6) is 1.01. The van der Waals surface area contributed by atoms with Crippen molar-refractivity contribution in [3.63, 3.8) is 0 Å². The first-order valence-corrected chi connectivity index (χ1v) is 8.22. The van der Waals surface area contributed by atoms with Crippen molar-refractivity contribution < 1.29 is 10.2 Å². The molecule has 2 aromatic rings. The third-order valence-corrected chi connectivity index (χ3v) is 4.56. The van der Waals surface area contributed by atoms with E-state index >= 15 is 0 Å². The van der Waals surface area contributed by atoms with Crippen LogP contribution in [-0.2, 0) is 0 Å². The predicted molar refractivity (Wildman–Crippen MR) is 91.2 cm³/mol. The Hall–Kier alpha value is -1.56. The van der Waals surface area contributed by atoms with Crippen LogP contribution in [0.25, 0.3) is 11.3 Å². The molecule has 0 saturated carbocycles. The average molecular weight is 354 g/mol. The Labute approximate surface area is 144 Å². The quantitative estimate of drug-likeness (QED) is 0.885. The maximum atomic E-state index is 10.0. The summed E-state index contributed by atoms with van der Waals surface area (Å²) in [6.45, 7) is 1.87. The highest BCUT2D eigenvalue weighted by Gasteiger charge is 2.21. The number of rotatable bonds is 3. The first kappa shape index (κ1) is 16.3. The van der Waals surface area contributed by atoms with Crippen LogP contribution in [0.4, 0.5) is 5.82 Å². The smallest absolute Gasteiger partial charge is 0.151 e. The number of aliphatic hydroxyl groups is 1. The number of halogens is 2. The highest BCUT2D eigenvalue weighted by atomic mass is 35.5. The Morgan fingerprint density at radius 3 is 2.70 bits per heavy atom. The molecule has 0 aliphatic carbocycles. The van der Waals surface area contributed by atoms with Crippen molar-refractivity contribution in [3.05, 3.63) is 34.3 Å². The van der Waals surface area contributed by atoms with Gasteiger partial charge in [0.15, 0.2) is 5.82 Å². The molecule has 7 heteroatoms. The lowest BCUT2D eigenvalue weighted by Gasteiger charge is -2.32. The van der Waals surface area contributed by atoms with Gasteiger partial charge in [-0.2, -0.15) is 0 Å². The van der Waals surface area contributed by atoms with E-state index in [9.17, 15) is 10.2 Å². The van der Waals surface area contributed by atoms with Crippen molar-refractivity contribution in [2.24, 2.45) is 5.92 Å². The summed E-state index contributed by atoms with van der Waals surface area (Å²) >= 11 is 12.0. The van der Waals surface area contributed by atoms with Gasteiger partial charge in [0.05, 0.1) is 16.3 Å². The van der Waals surface area contributed by atoms with Crippen molar-refractivity contribution in [3.8, 4) is 17.0 Å². The van der Waals surface area contributed by atoms with Crippen LogP contribution in [0.3, 0.4) is 0 Å². The molecule has 23 heavy (non-hydrogen) atoms. The summed E-state index contributed by atoms with van der Waals surface area (Å²) in [5, 5.41) is 28.5. The zero-order valence-corrected chi connectivity index (χ0v) is 13.9. The lowest BCUT2D eigenvalue weighted by atomic mass is 9.99. The minimum Gasteiger partial charge on any atom is -0.507 e. The molecule has 1 aromatic carbocycles. The van der Waals surface area contributed by atoms with E-state index in [-0.39, 0.29) is 18.3 Å². The monoisotopic (exact) mass is 353 g/mol. The summed E-state index contributed by atoms with van der Waals surface area (Å²) < 4.78 is 0. The number of phenols is 1. The second kappa shape index (κ2) is 6.91. The van der Waals surface area contributed by atoms with Gasteiger partial charge < -0.3 is 15.1 Å². The van der Waals surface area contributed by atoms with Crippen molar-refractivity contribution >= 4 is 29.0 Å². The number of hydrogen-bond donors (Lipinski definition) is 2. The zero-order valence-electron chi connectivity index (χ0n) is 12.4. The fourth-order valence-corrected chi connectivity index (χ4v) is 3.44. The second-order valence-corrected chi connectivity index (χ2v) is 6.54. The average Bonchev–Trinajstić information content (AvgIpc) is 2.54. The molecule has 3 rings (SSSR count). The van der Waals surface area contributed by atoms with Gasteiger partial charge in [-0.3, -0.25) is 0 Å². The third kappa shape index (κ3) is 3.52. The van der Waals surface area contributed by atoms with E-state index in [4.69, 9.17) is 23.2 Å². The van der Waals surface area contributed by atoms with Gasteiger partial charge in [0.25, 0.3) is 0 Å². The predicted octanol–water partition coefficient (Wildman–Crippen LogP) is 3.36. The van der Waals surface area contributed by atoms with Crippen LogP contribution in [0.15, 0.2) is 24.3 Å². The zero-order chi connectivity index (χ0) is 16.4. The van der Waals surface area contributed by atoms with Gasteiger partial charge in [0.1, 0.15) is 5.75 Å². The van der Waals surface area contributed by atoms with Crippen LogP contribution in [0, 0.1) is 5.92 Å². The van der Waals surface area contributed by atoms with Crippen LogP contribution in [-0.4, -0.2) is 40.1 Å². The molecule has 1 saturated heterocycles. The summed E-state index contributed by atoms with van der Waals surface area (Å²) in [5.41, 5.74) is 0.908. The van der Waals surface area contributed by atoms with Gasteiger partial charge in [-0.25, -0.2) is 0 Å². The van der Waals surface area contributed by atoms with E-state index in [2.05, 4.69) is 15.1 Å². The number of phenolic OH excluding ortho intramolecular Hbond substituents is 1. The lowest BCUT2D eigenvalue weighted by molar-refractivity contribution is 0.208. The largest absolute Gasteiger partial charge is 0.507 e. The molecule has 1 aromatic heterocycles. The van der Waals surface area contributed by atoms with Gasteiger partial charge in [0, 0.05) is 24.7 Å². The van der Waals surface area contributed by atoms with Crippen LogP contribution in [0.2, 0.25) is 10.0 Å². The summed E-state index contributed by atoms with van der Waals surface area (Å²) in [6, 6.07) is 6.62. The molecule has 0 radical (unpaired) electrons. The molecule has 0 amide bonds. The lowest BCUT2D eigenvalue weighted by Crippen LogP contribution is -2.37. The summed E-state index contributed by atoms with van der Waals surface area (Å²) in [4.78, 5) is 2.12. The number of aliphatic hydroxyl groups excluding tert-OH is 1.